The summed E-state index contributed by atoms with van der Waals surface area (Å²) in [4.78, 5) is 17.1. The number of piperazine rings is 1. The van der Waals surface area contributed by atoms with E-state index in [4.69, 9.17) is 11.6 Å². The second-order valence-corrected chi connectivity index (χ2v) is 9.23. The van der Waals surface area contributed by atoms with Gasteiger partial charge in [-0.3, -0.25) is 14.6 Å². The molecule has 1 aliphatic heterocycles. The average Bonchev–Trinajstić information content (AvgIpc) is 2.71. The highest BCUT2D eigenvalue weighted by molar-refractivity contribution is 8.13. The molecule has 4 nitrogen and oxygen atoms in total. The minimum atomic E-state index is 0. The first-order chi connectivity index (χ1) is 14.0. The lowest BCUT2D eigenvalue weighted by Crippen LogP contribution is -2.56. The third kappa shape index (κ3) is 9.21. The Bertz CT molecular complexity index is 779. The Balaban J connectivity index is 0.00000240. The Labute approximate surface area is 207 Å². The lowest BCUT2D eigenvalue weighted by Gasteiger charge is -2.44. The van der Waals surface area contributed by atoms with E-state index in [0.717, 1.165) is 49.1 Å². The highest BCUT2D eigenvalue weighted by atomic mass is 35.5. The SMILES string of the molecule is CC1CN(Cc2ccc(Cl)cc2)C(C)CN1CCCSC(=O)Nc1ccccc1.Cl.Cl. The van der Waals surface area contributed by atoms with E-state index in [-0.39, 0.29) is 30.1 Å². The Morgan fingerprint density at radius 2 is 1.61 bits per heavy atom. The summed E-state index contributed by atoms with van der Waals surface area (Å²) in [6.07, 6.45) is 1.02. The van der Waals surface area contributed by atoms with Crippen LogP contribution in [0.5, 0.6) is 0 Å². The number of nitrogens with one attached hydrogen (secondary N) is 1. The van der Waals surface area contributed by atoms with Crippen LogP contribution in [0, 0.1) is 0 Å². The summed E-state index contributed by atoms with van der Waals surface area (Å²) >= 11 is 7.37. The standard InChI is InChI=1S/C23H30ClN3OS.2ClH/c1-18-16-27(17-20-9-11-21(24)12-10-20)19(2)15-26(18)13-6-14-29-23(28)25-22-7-4-3-5-8-22;;/h3-5,7-12,18-19H,6,13-17H2,1-2H3,(H,25,28);2*1H. The fourth-order valence-electron chi connectivity index (χ4n) is 3.73. The molecule has 31 heavy (non-hydrogen) atoms. The second kappa shape index (κ2) is 14.2. The summed E-state index contributed by atoms with van der Waals surface area (Å²) in [5.41, 5.74) is 2.16. The molecular formula is C23H32Cl3N3OS. The summed E-state index contributed by atoms with van der Waals surface area (Å²) < 4.78 is 0. The predicted molar refractivity (Wildman–Crippen MR) is 139 cm³/mol. The summed E-state index contributed by atoms with van der Waals surface area (Å²) in [5, 5.41) is 3.73. The number of halogens is 3. The van der Waals surface area contributed by atoms with E-state index in [1.807, 2.05) is 42.5 Å². The average molecular weight is 505 g/mol. The molecule has 0 aliphatic carbocycles. The number of hydrogen-bond donors (Lipinski definition) is 1. The van der Waals surface area contributed by atoms with Gasteiger partial charge in [-0.1, -0.05) is 53.7 Å². The molecule has 0 radical (unpaired) electrons. The smallest absolute Gasteiger partial charge is 0.283 e. The number of hydrogen-bond acceptors (Lipinski definition) is 4. The highest BCUT2D eigenvalue weighted by Gasteiger charge is 2.28. The van der Waals surface area contributed by atoms with Gasteiger partial charge in [0.25, 0.3) is 5.24 Å². The molecule has 1 amide bonds. The number of carbonyl (C=O) groups is 1. The Hall–Kier alpha value is -0.950. The fourth-order valence-corrected chi connectivity index (χ4v) is 4.51. The molecule has 1 fully saturated rings. The molecule has 1 aliphatic rings. The molecule has 2 atom stereocenters. The Kier molecular flexibility index (Phi) is 12.9. The van der Waals surface area contributed by atoms with Crippen molar-refractivity contribution in [1.29, 1.82) is 0 Å². The van der Waals surface area contributed by atoms with E-state index in [1.165, 1.54) is 17.3 Å². The zero-order valence-electron chi connectivity index (χ0n) is 18.0. The Morgan fingerprint density at radius 3 is 2.29 bits per heavy atom. The van der Waals surface area contributed by atoms with Crippen LogP contribution in [0.1, 0.15) is 25.8 Å². The first-order valence-corrected chi connectivity index (χ1v) is 11.6. The van der Waals surface area contributed by atoms with E-state index in [9.17, 15) is 4.79 Å². The van der Waals surface area contributed by atoms with E-state index in [1.54, 1.807) is 0 Å². The maximum absolute atomic E-state index is 12.0. The van der Waals surface area contributed by atoms with Gasteiger partial charge in [0, 0.05) is 48.2 Å². The summed E-state index contributed by atoms with van der Waals surface area (Å²) in [5.74, 6) is 0.838. The van der Waals surface area contributed by atoms with Gasteiger partial charge in [-0.2, -0.15) is 0 Å². The van der Waals surface area contributed by atoms with E-state index < -0.39 is 0 Å². The van der Waals surface area contributed by atoms with Crippen LogP contribution in [-0.4, -0.2) is 52.5 Å². The summed E-state index contributed by atoms with van der Waals surface area (Å²) in [6, 6.07) is 18.8. The Morgan fingerprint density at radius 1 is 1.00 bits per heavy atom. The van der Waals surface area contributed by atoms with Crippen molar-refractivity contribution in [2.24, 2.45) is 0 Å². The van der Waals surface area contributed by atoms with Crippen molar-refractivity contribution in [1.82, 2.24) is 9.80 Å². The second-order valence-electron chi connectivity index (χ2n) is 7.73. The van der Waals surface area contributed by atoms with Gasteiger partial charge < -0.3 is 5.32 Å². The number of amides is 1. The van der Waals surface area contributed by atoms with Crippen molar-refractivity contribution in [3.05, 3.63) is 65.2 Å². The maximum Gasteiger partial charge on any atom is 0.283 e. The number of benzene rings is 2. The van der Waals surface area contributed by atoms with Crippen LogP contribution in [-0.2, 0) is 6.54 Å². The van der Waals surface area contributed by atoms with Gasteiger partial charge in [0.2, 0.25) is 0 Å². The van der Waals surface area contributed by atoms with Crippen LogP contribution < -0.4 is 5.32 Å². The van der Waals surface area contributed by atoms with Gasteiger partial charge in [-0.25, -0.2) is 0 Å². The molecule has 1 heterocycles. The summed E-state index contributed by atoms with van der Waals surface area (Å²) in [7, 11) is 0. The van der Waals surface area contributed by atoms with Crippen LogP contribution in [0.3, 0.4) is 0 Å². The number of carbonyl (C=O) groups excluding carboxylic acids is 1. The van der Waals surface area contributed by atoms with Gasteiger partial charge in [-0.15, -0.1) is 24.8 Å². The molecule has 8 heteroatoms. The quantitative estimate of drug-likeness (QED) is 0.440. The van der Waals surface area contributed by atoms with E-state index >= 15 is 0 Å². The molecule has 0 aromatic heterocycles. The molecule has 172 valence electrons. The van der Waals surface area contributed by atoms with Crippen LogP contribution in [0.2, 0.25) is 5.02 Å². The molecule has 0 bridgehead atoms. The van der Waals surface area contributed by atoms with Crippen LogP contribution in [0.25, 0.3) is 0 Å². The molecule has 2 aromatic carbocycles. The topological polar surface area (TPSA) is 35.6 Å². The molecule has 3 rings (SSSR count). The molecule has 1 saturated heterocycles. The number of anilines is 1. The zero-order valence-corrected chi connectivity index (χ0v) is 21.2. The van der Waals surface area contributed by atoms with Crippen molar-refractivity contribution in [2.45, 2.75) is 38.9 Å². The molecule has 2 unspecified atom stereocenters. The number of para-hydroxylation sites is 1. The first-order valence-electron chi connectivity index (χ1n) is 10.2. The molecule has 2 aromatic rings. The van der Waals surface area contributed by atoms with Gasteiger partial charge >= 0.3 is 0 Å². The lowest BCUT2D eigenvalue weighted by molar-refractivity contribution is 0.0380. The molecule has 0 spiro atoms. The maximum atomic E-state index is 12.0. The van der Waals surface area contributed by atoms with Crippen molar-refractivity contribution < 1.29 is 4.79 Å². The van der Waals surface area contributed by atoms with Crippen molar-refractivity contribution in [3.8, 4) is 0 Å². The van der Waals surface area contributed by atoms with Crippen molar-refractivity contribution >= 4 is 59.1 Å². The number of thioether (sulfide) groups is 1. The van der Waals surface area contributed by atoms with E-state index in [2.05, 4.69) is 41.1 Å². The van der Waals surface area contributed by atoms with Gasteiger partial charge in [-0.05, 0) is 56.6 Å². The third-order valence-corrected chi connectivity index (χ3v) is 6.50. The summed E-state index contributed by atoms with van der Waals surface area (Å²) in [6.45, 7) is 8.73. The third-order valence-electron chi connectivity index (χ3n) is 5.39. The van der Waals surface area contributed by atoms with Gasteiger partial charge in [0.1, 0.15) is 0 Å². The largest absolute Gasteiger partial charge is 0.317 e. The monoisotopic (exact) mass is 503 g/mol. The number of nitrogens with zero attached hydrogens (tertiary/aromatic N) is 2. The van der Waals surface area contributed by atoms with Crippen LogP contribution in [0.4, 0.5) is 10.5 Å². The van der Waals surface area contributed by atoms with E-state index in [0.29, 0.717) is 12.1 Å². The normalized spacial score (nSPS) is 19.2. The molecule has 0 saturated carbocycles. The fraction of sp³-hybridized carbons (Fsp3) is 0.435. The van der Waals surface area contributed by atoms with Crippen molar-refractivity contribution in [3.63, 3.8) is 0 Å². The predicted octanol–water partition coefficient (Wildman–Crippen LogP) is 6.43. The van der Waals surface area contributed by atoms with Crippen LogP contribution >= 0.6 is 48.2 Å². The molecule has 1 N–H and O–H groups in total. The number of rotatable bonds is 7. The van der Waals surface area contributed by atoms with Gasteiger partial charge in [0.05, 0.1) is 0 Å². The molecular weight excluding hydrogens is 473 g/mol. The highest BCUT2D eigenvalue weighted by Crippen LogP contribution is 2.20. The van der Waals surface area contributed by atoms with Gasteiger partial charge in [0.15, 0.2) is 0 Å². The first kappa shape index (κ1) is 28.1. The van der Waals surface area contributed by atoms with Crippen LogP contribution in [0.15, 0.2) is 54.6 Å². The lowest BCUT2D eigenvalue weighted by atomic mass is 10.1. The minimum absolute atomic E-state index is 0. The zero-order chi connectivity index (χ0) is 20.6. The van der Waals surface area contributed by atoms with Crippen molar-refractivity contribution in [2.75, 3.05) is 30.7 Å². The minimum Gasteiger partial charge on any atom is -0.317 e.